The van der Waals surface area contributed by atoms with Crippen LogP contribution in [-0.2, 0) is 14.4 Å². The molecule has 2 atom stereocenters. The van der Waals surface area contributed by atoms with Crippen molar-refractivity contribution in [3.63, 3.8) is 0 Å². The first-order valence-electron chi connectivity index (χ1n) is 11.3. The SMILES string of the molecule is CCN(OC(=O)[C@H]1NC(=O)C[C@H]1c1ccc(OC)c(OC2CCCC2)c1)c1ccccc1. The van der Waals surface area contributed by atoms with Gasteiger partial charge in [-0.05, 0) is 62.4 Å². The van der Waals surface area contributed by atoms with E-state index in [2.05, 4.69) is 5.32 Å². The lowest BCUT2D eigenvalue weighted by molar-refractivity contribution is -0.148. The third-order valence-electron chi connectivity index (χ3n) is 6.12. The zero-order valence-corrected chi connectivity index (χ0v) is 18.6. The molecule has 0 bridgehead atoms. The van der Waals surface area contributed by atoms with Gasteiger partial charge in [-0.15, -0.1) is 0 Å². The molecule has 170 valence electrons. The van der Waals surface area contributed by atoms with Gasteiger partial charge >= 0.3 is 5.97 Å². The van der Waals surface area contributed by atoms with E-state index in [1.54, 1.807) is 7.11 Å². The molecule has 1 saturated carbocycles. The molecule has 32 heavy (non-hydrogen) atoms. The standard InChI is InChI=1S/C25H30N2O5/c1-3-27(18-9-5-4-6-10-18)32-25(29)24-20(16-23(28)26-24)17-13-14-21(30-2)22(15-17)31-19-11-7-8-12-19/h4-6,9-10,13-15,19-20,24H,3,7-8,11-12,16H2,1-2H3,(H,26,28)/t20-,24-/m0/s1. The minimum absolute atomic E-state index is 0.172. The Morgan fingerprint density at radius 2 is 1.84 bits per heavy atom. The number of carbonyl (C=O) groups excluding carboxylic acids is 2. The van der Waals surface area contributed by atoms with Gasteiger partial charge in [0.25, 0.3) is 0 Å². The number of amides is 1. The second kappa shape index (κ2) is 9.94. The number of carbonyl (C=O) groups is 2. The fourth-order valence-corrected chi connectivity index (χ4v) is 4.45. The first-order valence-corrected chi connectivity index (χ1v) is 11.3. The van der Waals surface area contributed by atoms with Crippen molar-refractivity contribution in [1.82, 2.24) is 5.32 Å². The van der Waals surface area contributed by atoms with Gasteiger partial charge in [0.15, 0.2) is 11.5 Å². The van der Waals surface area contributed by atoms with E-state index in [-0.39, 0.29) is 24.3 Å². The molecule has 1 heterocycles. The minimum Gasteiger partial charge on any atom is -0.493 e. The summed E-state index contributed by atoms with van der Waals surface area (Å²) in [7, 11) is 1.61. The zero-order chi connectivity index (χ0) is 22.5. The molecular weight excluding hydrogens is 408 g/mol. The van der Waals surface area contributed by atoms with E-state index >= 15 is 0 Å². The average molecular weight is 439 g/mol. The van der Waals surface area contributed by atoms with Crippen LogP contribution in [0.15, 0.2) is 48.5 Å². The van der Waals surface area contributed by atoms with Crippen molar-refractivity contribution in [2.45, 2.75) is 57.1 Å². The number of rotatable bonds is 8. The summed E-state index contributed by atoms with van der Waals surface area (Å²) in [6, 6.07) is 14.3. The Labute approximate surface area is 188 Å². The average Bonchev–Trinajstić information content (AvgIpc) is 3.47. The summed E-state index contributed by atoms with van der Waals surface area (Å²) in [6.45, 7) is 2.39. The van der Waals surface area contributed by atoms with Gasteiger partial charge in [0.2, 0.25) is 5.91 Å². The van der Waals surface area contributed by atoms with Gasteiger partial charge < -0.3 is 19.6 Å². The van der Waals surface area contributed by atoms with Crippen LogP contribution < -0.4 is 19.9 Å². The highest BCUT2D eigenvalue weighted by Gasteiger charge is 2.41. The van der Waals surface area contributed by atoms with Crippen LogP contribution in [-0.4, -0.2) is 37.7 Å². The Hall–Kier alpha value is -3.22. The smallest absolute Gasteiger partial charge is 0.355 e. The van der Waals surface area contributed by atoms with Crippen molar-refractivity contribution < 1.29 is 23.9 Å². The summed E-state index contributed by atoms with van der Waals surface area (Å²) < 4.78 is 11.7. The van der Waals surface area contributed by atoms with Crippen LogP contribution in [0.3, 0.4) is 0 Å². The number of methoxy groups -OCH3 is 1. The molecule has 1 aliphatic carbocycles. The number of hydrogen-bond acceptors (Lipinski definition) is 6. The van der Waals surface area contributed by atoms with E-state index in [4.69, 9.17) is 14.3 Å². The highest BCUT2D eigenvalue weighted by atomic mass is 16.7. The molecule has 2 aromatic rings. The van der Waals surface area contributed by atoms with Gasteiger partial charge in [0.1, 0.15) is 6.04 Å². The number of anilines is 1. The molecule has 7 heteroatoms. The van der Waals surface area contributed by atoms with E-state index in [1.165, 1.54) is 5.06 Å². The van der Waals surface area contributed by atoms with E-state index in [0.717, 1.165) is 36.9 Å². The van der Waals surface area contributed by atoms with E-state index in [0.29, 0.717) is 18.0 Å². The monoisotopic (exact) mass is 438 g/mol. The number of para-hydroxylation sites is 1. The second-order valence-electron chi connectivity index (χ2n) is 8.23. The van der Waals surface area contributed by atoms with Crippen molar-refractivity contribution in [2.24, 2.45) is 0 Å². The van der Waals surface area contributed by atoms with Crippen molar-refractivity contribution >= 4 is 17.6 Å². The molecule has 2 fully saturated rings. The summed E-state index contributed by atoms with van der Waals surface area (Å²) in [4.78, 5) is 31.0. The highest BCUT2D eigenvalue weighted by molar-refractivity contribution is 5.90. The largest absolute Gasteiger partial charge is 0.493 e. The van der Waals surface area contributed by atoms with Crippen LogP contribution in [0.4, 0.5) is 5.69 Å². The van der Waals surface area contributed by atoms with Crippen LogP contribution in [0.25, 0.3) is 0 Å². The molecule has 0 radical (unpaired) electrons. The molecule has 4 rings (SSSR count). The summed E-state index contributed by atoms with van der Waals surface area (Å²) >= 11 is 0. The molecule has 1 saturated heterocycles. The molecule has 7 nitrogen and oxygen atoms in total. The van der Waals surface area contributed by atoms with Crippen molar-refractivity contribution in [2.75, 3.05) is 18.7 Å². The van der Waals surface area contributed by atoms with Gasteiger partial charge in [-0.3, -0.25) is 4.79 Å². The number of nitrogens with zero attached hydrogens (tertiary/aromatic N) is 1. The normalized spacial score (nSPS) is 20.6. The van der Waals surface area contributed by atoms with Gasteiger partial charge in [-0.1, -0.05) is 24.3 Å². The van der Waals surface area contributed by atoms with Crippen molar-refractivity contribution in [3.8, 4) is 11.5 Å². The van der Waals surface area contributed by atoms with E-state index in [9.17, 15) is 9.59 Å². The van der Waals surface area contributed by atoms with E-state index in [1.807, 2.05) is 55.5 Å². The maximum atomic E-state index is 13.1. The summed E-state index contributed by atoms with van der Waals surface area (Å²) in [5.74, 6) is 0.303. The first kappa shape index (κ1) is 22.0. The van der Waals surface area contributed by atoms with E-state index < -0.39 is 12.0 Å². The molecule has 0 spiro atoms. The lowest BCUT2D eigenvalue weighted by Crippen LogP contribution is -2.41. The third kappa shape index (κ3) is 4.82. The van der Waals surface area contributed by atoms with Crippen LogP contribution in [0, 0.1) is 0 Å². The Balaban J connectivity index is 1.54. The zero-order valence-electron chi connectivity index (χ0n) is 18.6. The predicted octanol–water partition coefficient (Wildman–Crippen LogP) is 3.97. The molecular formula is C25H30N2O5. The van der Waals surface area contributed by atoms with Crippen molar-refractivity contribution in [3.05, 3.63) is 54.1 Å². The molecule has 1 aliphatic heterocycles. The molecule has 1 N–H and O–H groups in total. The molecule has 0 unspecified atom stereocenters. The lowest BCUT2D eigenvalue weighted by Gasteiger charge is -2.25. The predicted molar refractivity (Wildman–Crippen MR) is 121 cm³/mol. The molecule has 0 aromatic heterocycles. The maximum Gasteiger partial charge on any atom is 0.355 e. The number of ether oxygens (including phenoxy) is 2. The van der Waals surface area contributed by atoms with Crippen LogP contribution >= 0.6 is 0 Å². The fraction of sp³-hybridized carbons (Fsp3) is 0.440. The van der Waals surface area contributed by atoms with Gasteiger partial charge in [-0.2, -0.15) is 0 Å². The Kier molecular flexibility index (Phi) is 6.83. The molecule has 2 aliphatic rings. The molecule has 2 aromatic carbocycles. The van der Waals surface area contributed by atoms with Crippen molar-refractivity contribution in [1.29, 1.82) is 0 Å². The Morgan fingerprint density at radius 1 is 1.09 bits per heavy atom. The summed E-state index contributed by atoms with van der Waals surface area (Å²) in [6.07, 6.45) is 4.77. The highest BCUT2D eigenvalue weighted by Crippen LogP contribution is 2.37. The second-order valence-corrected chi connectivity index (χ2v) is 8.23. The summed E-state index contributed by atoms with van der Waals surface area (Å²) in [5, 5.41) is 4.33. The third-order valence-corrected chi connectivity index (χ3v) is 6.12. The van der Waals surface area contributed by atoms with Gasteiger partial charge in [0.05, 0.1) is 25.4 Å². The Bertz CT molecular complexity index is 943. The quantitative estimate of drug-likeness (QED) is 0.629. The maximum absolute atomic E-state index is 13.1. The van der Waals surface area contributed by atoms with Gasteiger partial charge in [0, 0.05) is 12.3 Å². The van der Waals surface area contributed by atoms with Crippen LogP contribution in [0.2, 0.25) is 0 Å². The molecule has 1 amide bonds. The number of nitrogens with one attached hydrogen (secondary N) is 1. The number of hydroxylamine groups is 1. The Morgan fingerprint density at radius 3 is 2.53 bits per heavy atom. The van der Waals surface area contributed by atoms with Crippen LogP contribution in [0.1, 0.15) is 50.5 Å². The fourth-order valence-electron chi connectivity index (χ4n) is 4.45. The lowest BCUT2D eigenvalue weighted by atomic mass is 9.91. The van der Waals surface area contributed by atoms with Gasteiger partial charge in [-0.25, -0.2) is 9.86 Å². The topological polar surface area (TPSA) is 77.1 Å². The number of benzene rings is 2. The first-order chi connectivity index (χ1) is 15.6. The summed E-state index contributed by atoms with van der Waals surface area (Å²) in [5.41, 5.74) is 1.63. The van der Waals surface area contributed by atoms with Crippen LogP contribution in [0.5, 0.6) is 11.5 Å². The number of hydrogen-bond donors (Lipinski definition) is 1. The minimum atomic E-state index is -0.770.